The lowest BCUT2D eigenvalue weighted by molar-refractivity contribution is -0.122. The second-order valence-corrected chi connectivity index (χ2v) is 3.30. The summed E-state index contributed by atoms with van der Waals surface area (Å²) in [6.45, 7) is 3.03. The Hall–Kier alpha value is -0.610. The first kappa shape index (κ1) is 9.48. The molecule has 1 rings (SSSR count). The number of hydrogen-bond donors (Lipinski definition) is 3. The van der Waals surface area contributed by atoms with Gasteiger partial charge in [-0.25, -0.2) is 0 Å². The fourth-order valence-corrected chi connectivity index (χ4v) is 1.24. The number of rotatable bonds is 3. The summed E-state index contributed by atoms with van der Waals surface area (Å²) in [5, 5.41) is 14.9. The highest BCUT2D eigenvalue weighted by Crippen LogP contribution is 2.01. The Morgan fingerprint density at radius 2 is 2.58 bits per heavy atom. The van der Waals surface area contributed by atoms with Crippen molar-refractivity contribution in [2.75, 3.05) is 13.1 Å². The molecule has 1 saturated heterocycles. The van der Waals surface area contributed by atoms with E-state index in [1.807, 2.05) is 0 Å². The highest BCUT2D eigenvalue weighted by atomic mass is 16.3. The Morgan fingerprint density at radius 1 is 1.83 bits per heavy atom. The van der Waals surface area contributed by atoms with Crippen LogP contribution < -0.4 is 10.6 Å². The van der Waals surface area contributed by atoms with Crippen LogP contribution in [0.5, 0.6) is 0 Å². The topological polar surface area (TPSA) is 61.4 Å². The molecule has 4 nitrogen and oxygen atoms in total. The predicted molar refractivity (Wildman–Crippen MR) is 45.7 cm³/mol. The second kappa shape index (κ2) is 4.42. The number of hydrogen-bond acceptors (Lipinski definition) is 3. The van der Waals surface area contributed by atoms with Crippen molar-refractivity contribution in [1.29, 1.82) is 0 Å². The molecule has 0 aromatic heterocycles. The fraction of sp³-hybridized carbons (Fsp3) is 0.875. The van der Waals surface area contributed by atoms with E-state index in [9.17, 15) is 4.79 Å². The van der Waals surface area contributed by atoms with Crippen LogP contribution in [0, 0.1) is 0 Å². The van der Waals surface area contributed by atoms with Crippen molar-refractivity contribution < 1.29 is 9.90 Å². The highest BCUT2D eigenvalue weighted by Gasteiger charge is 2.17. The van der Waals surface area contributed by atoms with Gasteiger partial charge in [-0.15, -0.1) is 0 Å². The third-order valence-electron chi connectivity index (χ3n) is 1.97. The van der Waals surface area contributed by atoms with E-state index in [0.717, 1.165) is 6.42 Å². The van der Waals surface area contributed by atoms with Gasteiger partial charge >= 0.3 is 0 Å². The predicted octanol–water partition coefficient (Wildman–Crippen LogP) is -0.765. The summed E-state index contributed by atoms with van der Waals surface area (Å²) in [6, 6.07) is 0.331. The van der Waals surface area contributed by atoms with Gasteiger partial charge in [-0.2, -0.15) is 0 Å². The molecule has 1 aliphatic rings. The van der Waals surface area contributed by atoms with E-state index in [4.69, 9.17) is 5.11 Å². The Bertz CT molecular complexity index is 149. The zero-order chi connectivity index (χ0) is 8.97. The van der Waals surface area contributed by atoms with Gasteiger partial charge in [-0.1, -0.05) is 0 Å². The number of aliphatic hydroxyl groups is 1. The summed E-state index contributed by atoms with van der Waals surface area (Å²) in [6.07, 6.45) is 1.15. The van der Waals surface area contributed by atoms with Crippen molar-refractivity contribution in [3.8, 4) is 0 Å². The molecule has 1 unspecified atom stereocenters. The molecule has 0 aromatic rings. The average Bonchev–Trinajstić information content (AvgIpc) is 2.03. The van der Waals surface area contributed by atoms with Crippen LogP contribution in [0.4, 0.5) is 0 Å². The van der Waals surface area contributed by atoms with Crippen molar-refractivity contribution in [1.82, 2.24) is 10.6 Å². The second-order valence-electron chi connectivity index (χ2n) is 3.30. The normalized spacial score (nSPS) is 26.5. The maximum atomic E-state index is 10.8. The van der Waals surface area contributed by atoms with Crippen molar-refractivity contribution in [3.63, 3.8) is 0 Å². The van der Waals surface area contributed by atoms with Crippen molar-refractivity contribution in [2.24, 2.45) is 0 Å². The van der Waals surface area contributed by atoms with E-state index < -0.39 is 0 Å². The Kier molecular flexibility index (Phi) is 3.49. The van der Waals surface area contributed by atoms with Crippen LogP contribution in [0.3, 0.4) is 0 Å². The summed E-state index contributed by atoms with van der Waals surface area (Å²) in [7, 11) is 0. The smallest absolute Gasteiger partial charge is 0.220 e. The molecule has 0 spiro atoms. The van der Waals surface area contributed by atoms with E-state index in [1.54, 1.807) is 6.92 Å². The number of nitrogens with one attached hydrogen (secondary N) is 2. The minimum atomic E-state index is -0.317. The van der Waals surface area contributed by atoms with E-state index in [0.29, 0.717) is 25.6 Å². The number of amides is 1. The zero-order valence-corrected chi connectivity index (χ0v) is 7.34. The number of carbonyl (C=O) groups is 1. The molecule has 4 heteroatoms. The molecule has 1 heterocycles. The van der Waals surface area contributed by atoms with Gasteiger partial charge in [-0.05, 0) is 13.3 Å². The van der Waals surface area contributed by atoms with Gasteiger partial charge < -0.3 is 15.7 Å². The summed E-state index contributed by atoms with van der Waals surface area (Å²) in [5.41, 5.74) is 0. The molecule has 12 heavy (non-hydrogen) atoms. The van der Waals surface area contributed by atoms with E-state index in [2.05, 4.69) is 10.6 Å². The molecular weight excluding hydrogens is 156 g/mol. The third-order valence-corrected chi connectivity index (χ3v) is 1.97. The molecule has 0 aliphatic carbocycles. The van der Waals surface area contributed by atoms with Crippen LogP contribution >= 0.6 is 0 Å². The molecule has 0 radical (unpaired) electrons. The molecule has 0 aromatic carbocycles. The van der Waals surface area contributed by atoms with Crippen molar-refractivity contribution in [3.05, 3.63) is 0 Å². The summed E-state index contributed by atoms with van der Waals surface area (Å²) in [5.74, 6) is 0.130. The van der Waals surface area contributed by atoms with Crippen LogP contribution in [0.1, 0.15) is 19.8 Å². The lowest BCUT2D eigenvalue weighted by Crippen LogP contribution is -2.47. The maximum absolute atomic E-state index is 10.8. The zero-order valence-electron chi connectivity index (χ0n) is 7.34. The van der Waals surface area contributed by atoms with Gasteiger partial charge in [-0.3, -0.25) is 4.79 Å². The largest absolute Gasteiger partial charge is 0.392 e. The molecule has 2 atom stereocenters. The molecular formula is C8H16N2O2. The molecule has 3 N–H and O–H groups in total. The highest BCUT2D eigenvalue weighted by molar-refractivity contribution is 5.76. The number of piperidine rings is 1. The van der Waals surface area contributed by atoms with Crippen LogP contribution in [-0.2, 0) is 4.79 Å². The summed E-state index contributed by atoms with van der Waals surface area (Å²) < 4.78 is 0. The third kappa shape index (κ3) is 3.19. The summed E-state index contributed by atoms with van der Waals surface area (Å²) >= 11 is 0. The van der Waals surface area contributed by atoms with Gasteiger partial charge in [0.25, 0.3) is 0 Å². The Morgan fingerprint density at radius 3 is 3.08 bits per heavy atom. The van der Waals surface area contributed by atoms with Gasteiger partial charge in [0, 0.05) is 25.6 Å². The van der Waals surface area contributed by atoms with Crippen LogP contribution in [0.2, 0.25) is 0 Å². The first-order chi connectivity index (χ1) is 5.68. The van der Waals surface area contributed by atoms with Crippen molar-refractivity contribution >= 4 is 5.91 Å². The number of carbonyl (C=O) groups excluding carboxylic acids is 1. The van der Waals surface area contributed by atoms with E-state index in [-0.39, 0.29) is 12.0 Å². The van der Waals surface area contributed by atoms with E-state index in [1.165, 1.54) is 0 Å². The first-order valence-corrected chi connectivity index (χ1v) is 4.36. The molecule has 70 valence electrons. The number of aliphatic hydroxyl groups excluding tert-OH is 1. The molecule has 0 saturated carbocycles. The van der Waals surface area contributed by atoms with Crippen molar-refractivity contribution in [2.45, 2.75) is 31.9 Å². The van der Waals surface area contributed by atoms with Crippen LogP contribution in [0.15, 0.2) is 0 Å². The SMILES string of the molecule is C[C@H](O)CNC1CCC(=O)NC1. The quantitative estimate of drug-likeness (QED) is 0.524. The minimum Gasteiger partial charge on any atom is -0.392 e. The molecule has 1 amide bonds. The van der Waals surface area contributed by atoms with E-state index >= 15 is 0 Å². The fourth-order valence-electron chi connectivity index (χ4n) is 1.24. The lowest BCUT2D eigenvalue weighted by Gasteiger charge is -2.24. The standard InChI is InChI=1S/C8H16N2O2/c1-6(11)4-9-7-2-3-8(12)10-5-7/h6-7,9,11H,2-5H2,1H3,(H,10,12)/t6-,7?/m0/s1. The molecule has 1 aliphatic heterocycles. The van der Waals surface area contributed by atoms with Gasteiger partial charge in [0.05, 0.1) is 6.10 Å². The minimum absolute atomic E-state index is 0.130. The van der Waals surface area contributed by atoms with Gasteiger partial charge in [0.2, 0.25) is 5.91 Å². The lowest BCUT2D eigenvalue weighted by atomic mass is 10.1. The summed E-state index contributed by atoms with van der Waals surface area (Å²) in [4.78, 5) is 10.8. The Balaban J connectivity index is 2.13. The molecule has 1 fully saturated rings. The van der Waals surface area contributed by atoms with Gasteiger partial charge in [0.15, 0.2) is 0 Å². The van der Waals surface area contributed by atoms with Crippen LogP contribution in [0.25, 0.3) is 0 Å². The average molecular weight is 172 g/mol. The molecule has 0 bridgehead atoms. The maximum Gasteiger partial charge on any atom is 0.220 e. The first-order valence-electron chi connectivity index (χ1n) is 4.36. The monoisotopic (exact) mass is 172 g/mol. The Labute approximate surface area is 72.3 Å². The van der Waals surface area contributed by atoms with Gasteiger partial charge in [0.1, 0.15) is 0 Å². The van der Waals surface area contributed by atoms with Crippen LogP contribution in [-0.4, -0.2) is 36.2 Å².